The summed E-state index contributed by atoms with van der Waals surface area (Å²) in [6.45, 7) is 3.12. The molecule has 31 heavy (non-hydrogen) atoms. The van der Waals surface area contributed by atoms with Gasteiger partial charge in [-0.25, -0.2) is 9.97 Å². The number of nitrogens with one attached hydrogen (secondary N) is 2. The summed E-state index contributed by atoms with van der Waals surface area (Å²) in [7, 11) is 0. The van der Waals surface area contributed by atoms with Crippen molar-refractivity contribution < 1.29 is 23.7 Å². The molecule has 0 fully saturated rings. The second-order valence-corrected chi connectivity index (χ2v) is 7.10. The lowest BCUT2D eigenvalue weighted by molar-refractivity contribution is 0.0949. The van der Waals surface area contributed by atoms with Crippen LogP contribution in [0.3, 0.4) is 0 Å². The van der Waals surface area contributed by atoms with Crippen molar-refractivity contribution in [1.29, 1.82) is 0 Å². The normalized spacial score (nSPS) is 13.2. The van der Waals surface area contributed by atoms with Crippen LogP contribution in [0.15, 0.2) is 42.6 Å². The van der Waals surface area contributed by atoms with E-state index in [1.807, 2.05) is 36.4 Å². The monoisotopic (exact) mass is 420 g/mol. The highest BCUT2D eigenvalue weighted by Crippen LogP contribution is 2.33. The van der Waals surface area contributed by atoms with Gasteiger partial charge in [0.25, 0.3) is 5.91 Å². The van der Waals surface area contributed by atoms with Crippen LogP contribution in [0.2, 0.25) is 0 Å². The molecular formula is C22H20N4O5. The highest BCUT2D eigenvalue weighted by Gasteiger charge is 2.16. The Labute approximate surface area is 178 Å². The van der Waals surface area contributed by atoms with E-state index in [1.54, 1.807) is 6.92 Å². The van der Waals surface area contributed by atoms with Crippen molar-refractivity contribution in [2.75, 3.05) is 18.9 Å². The van der Waals surface area contributed by atoms with Gasteiger partial charge in [0.05, 0.1) is 11.3 Å². The van der Waals surface area contributed by atoms with Crippen LogP contribution in [-0.4, -0.2) is 29.5 Å². The van der Waals surface area contributed by atoms with Crippen LogP contribution >= 0.6 is 0 Å². The minimum Gasteiger partial charge on any atom is -0.454 e. The Morgan fingerprint density at radius 1 is 0.903 bits per heavy atom. The van der Waals surface area contributed by atoms with Crippen LogP contribution in [0.5, 0.6) is 23.0 Å². The van der Waals surface area contributed by atoms with Crippen molar-refractivity contribution in [3.05, 3.63) is 65.0 Å². The van der Waals surface area contributed by atoms with E-state index in [-0.39, 0.29) is 19.5 Å². The number of benzene rings is 2. The summed E-state index contributed by atoms with van der Waals surface area (Å²) in [4.78, 5) is 21.3. The maximum atomic E-state index is 12.6. The Bertz CT molecular complexity index is 1150. The highest BCUT2D eigenvalue weighted by atomic mass is 16.7. The largest absolute Gasteiger partial charge is 0.454 e. The van der Waals surface area contributed by atoms with Gasteiger partial charge in [-0.1, -0.05) is 12.1 Å². The maximum Gasteiger partial charge on any atom is 0.254 e. The summed E-state index contributed by atoms with van der Waals surface area (Å²) < 4.78 is 21.4. The molecule has 2 aliphatic heterocycles. The third-order valence-electron chi connectivity index (χ3n) is 5.00. The predicted molar refractivity (Wildman–Crippen MR) is 110 cm³/mol. The summed E-state index contributed by atoms with van der Waals surface area (Å²) in [6.07, 6.45) is 1.53. The number of aromatic nitrogens is 2. The Morgan fingerprint density at radius 3 is 2.16 bits per heavy atom. The van der Waals surface area contributed by atoms with E-state index in [0.717, 1.165) is 22.6 Å². The molecule has 0 unspecified atom stereocenters. The summed E-state index contributed by atoms with van der Waals surface area (Å²) in [5.74, 6) is 3.07. The van der Waals surface area contributed by atoms with Gasteiger partial charge in [-0.2, -0.15) is 0 Å². The molecule has 2 aromatic carbocycles. The standard InChI is InChI=1S/C22H20N4O5/c1-13-16(21(27)23-8-14-2-4-17-19(6-14)30-11-28-17)10-25-22(26-13)24-9-15-3-5-18-20(7-15)31-12-29-18/h2-7,10H,8-9,11-12H2,1H3,(H,23,27)(H,24,25,26). The van der Waals surface area contributed by atoms with Crippen molar-refractivity contribution in [3.63, 3.8) is 0 Å². The first-order valence-electron chi connectivity index (χ1n) is 9.78. The summed E-state index contributed by atoms with van der Waals surface area (Å²) >= 11 is 0. The molecule has 3 heterocycles. The number of aryl methyl sites for hydroxylation is 1. The molecule has 0 aliphatic carbocycles. The molecule has 0 bridgehead atoms. The lowest BCUT2D eigenvalue weighted by atomic mass is 10.2. The molecule has 2 aliphatic rings. The van der Waals surface area contributed by atoms with Crippen LogP contribution in [0.25, 0.3) is 0 Å². The number of nitrogens with zero attached hydrogens (tertiary/aromatic N) is 2. The molecular weight excluding hydrogens is 400 g/mol. The van der Waals surface area contributed by atoms with Gasteiger partial charge >= 0.3 is 0 Å². The number of carbonyl (C=O) groups is 1. The summed E-state index contributed by atoms with van der Waals surface area (Å²) in [6, 6.07) is 11.3. The van der Waals surface area contributed by atoms with Crippen molar-refractivity contribution in [2.24, 2.45) is 0 Å². The highest BCUT2D eigenvalue weighted by molar-refractivity contribution is 5.94. The van der Waals surface area contributed by atoms with E-state index < -0.39 is 0 Å². The van der Waals surface area contributed by atoms with E-state index in [9.17, 15) is 4.79 Å². The van der Waals surface area contributed by atoms with Gasteiger partial charge in [0.15, 0.2) is 23.0 Å². The van der Waals surface area contributed by atoms with Gasteiger partial charge in [0.2, 0.25) is 19.5 Å². The Morgan fingerprint density at radius 2 is 1.52 bits per heavy atom. The number of amides is 1. The first-order chi connectivity index (χ1) is 15.2. The Hall–Kier alpha value is -4.01. The van der Waals surface area contributed by atoms with Gasteiger partial charge in [-0.3, -0.25) is 4.79 Å². The Balaban J connectivity index is 1.19. The molecule has 9 nitrogen and oxygen atoms in total. The van der Waals surface area contributed by atoms with E-state index in [4.69, 9.17) is 18.9 Å². The average molecular weight is 420 g/mol. The molecule has 5 rings (SSSR count). The van der Waals surface area contributed by atoms with E-state index >= 15 is 0 Å². The van der Waals surface area contributed by atoms with Crippen molar-refractivity contribution >= 4 is 11.9 Å². The smallest absolute Gasteiger partial charge is 0.254 e. The predicted octanol–water partition coefficient (Wildman–Crippen LogP) is 2.78. The van der Waals surface area contributed by atoms with Gasteiger partial charge in [-0.05, 0) is 42.3 Å². The lowest BCUT2D eigenvalue weighted by Gasteiger charge is -2.10. The second kappa shape index (κ2) is 8.02. The number of carbonyl (C=O) groups excluding carboxylic acids is 1. The first kappa shape index (κ1) is 19.0. The molecule has 0 radical (unpaired) electrons. The third kappa shape index (κ3) is 4.02. The molecule has 158 valence electrons. The number of ether oxygens (including phenoxy) is 4. The fourth-order valence-corrected chi connectivity index (χ4v) is 3.34. The zero-order valence-electron chi connectivity index (χ0n) is 16.8. The minimum atomic E-state index is -0.238. The van der Waals surface area contributed by atoms with Gasteiger partial charge in [-0.15, -0.1) is 0 Å². The molecule has 0 saturated carbocycles. The van der Waals surface area contributed by atoms with Crippen LogP contribution in [0.4, 0.5) is 5.95 Å². The lowest BCUT2D eigenvalue weighted by Crippen LogP contribution is -2.24. The maximum absolute atomic E-state index is 12.6. The topological polar surface area (TPSA) is 104 Å². The molecule has 0 saturated heterocycles. The molecule has 1 amide bonds. The number of hydrogen-bond donors (Lipinski definition) is 2. The summed E-state index contributed by atoms with van der Waals surface area (Å²) in [5, 5.41) is 6.05. The fourth-order valence-electron chi connectivity index (χ4n) is 3.34. The van der Waals surface area contributed by atoms with Gasteiger partial charge in [0, 0.05) is 19.3 Å². The van der Waals surface area contributed by atoms with E-state index in [0.29, 0.717) is 41.8 Å². The first-order valence-corrected chi connectivity index (χ1v) is 9.78. The number of rotatable bonds is 6. The van der Waals surface area contributed by atoms with Crippen molar-refractivity contribution in [1.82, 2.24) is 15.3 Å². The van der Waals surface area contributed by atoms with E-state index in [2.05, 4.69) is 20.6 Å². The minimum absolute atomic E-state index is 0.219. The van der Waals surface area contributed by atoms with Crippen molar-refractivity contribution in [3.8, 4) is 23.0 Å². The summed E-state index contributed by atoms with van der Waals surface area (Å²) in [5.41, 5.74) is 2.94. The number of hydrogen-bond acceptors (Lipinski definition) is 8. The van der Waals surface area contributed by atoms with Crippen LogP contribution in [0.1, 0.15) is 27.2 Å². The molecule has 2 N–H and O–H groups in total. The quantitative estimate of drug-likeness (QED) is 0.628. The van der Waals surface area contributed by atoms with Crippen molar-refractivity contribution in [2.45, 2.75) is 20.0 Å². The number of fused-ring (bicyclic) bond motifs is 2. The number of anilines is 1. The SMILES string of the molecule is Cc1nc(NCc2ccc3c(c2)OCO3)ncc1C(=O)NCc1ccc2c(c1)OCO2. The third-order valence-corrected chi connectivity index (χ3v) is 5.00. The van der Waals surface area contributed by atoms with E-state index in [1.165, 1.54) is 6.20 Å². The van der Waals surface area contributed by atoms with Gasteiger partial charge < -0.3 is 29.6 Å². The fraction of sp³-hybridized carbons (Fsp3) is 0.227. The van der Waals surface area contributed by atoms with Crippen LogP contribution < -0.4 is 29.6 Å². The molecule has 0 spiro atoms. The molecule has 3 aromatic rings. The zero-order valence-corrected chi connectivity index (χ0v) is 16.8. The Kier molecular flexibility index (Phi) is 4.91. The van der Waals surface area contributed by atoms with Crippen LogP contribution in [0, 0.1) is 6.92 Å². The molecule has 0 atom stereocenters. The second-order valence-electron chi connectivity index (χ2n) is 7.10. The van der Waals surface area contributed by atoms with Crippen LogP contribution in [-0.2, 0) is 13.1 Å². The van der Waals surface area contributed by atoms with Gasteiger partial charge in [0.1, 0.15) is 0 Å². The average Bonchev–Trinajstić information content (AvgIpc) is 3.44. The molecule has 9 heteroatoms. The zero-order chi connectivity index (χ0) is 21.2. The molecule has 1 aromatic heterocycles.